The van der Waals surface area contributed by atoms with Crippen LogP contribution in [0.1, 0.15) is 22.3 Å². The number of halogens is 1. The number of amides is 1. The number of methoxy groups -OCH3 is 1. The summed E-state index contributed by atoms with van der Waals surface area (Å²) in [5.41, 5.74) is 2.18. The van der Waals surface area contributed by atoms with Gasteiger partial charge >= 0.3 is 5.97 Å². The summed E-state index contributed by atoms with van der Waals surface area (Å²) in [6, 6.07) is 14.4. The molecule has 0 unspecified atom stereocenters. The molecule has 0 aliphatic rings. The molecule has 5 nitrogen and oxygen atoms in total. The van der Waals surface area contributed by atoms with Gasteiger partial charge in [0, 0.05) is 23.7 Å². The number of nitrogens with one attached hydrogen (secondary N) is 2. The van der Waals surface area contributed by atoms with Crippen LogP contribution in [0.25, 0.3) is 0 Å². The molecular weight excluding hydrogens is 340 g/mol. The molecule has 0 bridgehead atoms. The van der Waals surface area contributed by atoms with Gasteiger partial charge in [0.05, 0.1) is 12.7 Å². The Morgan fingerprint density at radius 2 is 1.84 bits per heavy atom. The Bertz CT molecular complexity index is 717. The van der Waals surface area contributed by atoms with Gasteiger partial charge in [-0.05, 0) is 48.9 Å². The molecule has 6 heteroatoms. The van der Waals surface area contributed by atoms with Gasteiger partial charge in [-0.1, -0.05) is 29.8 Å². The molecule has 2 aromatic rings. The van der Waals surface area contributed by atoms with Crippen molar-refractivity contribution in [1.82, 2.24) is 5.32 Å². The summed E-state index contributed by atoms with van der Waals surface area (Å²) >= 11 is 5.85. The number of hydrogen-bond acceptors (Lipinski definition) is 4. The van der Waals surface area contributed by atoms with Gasteiger partial charge in [0.1, 0.15) is 0 Å². The molecular formula is C19H21ClN2O3. The molecule has 1 amide bonds. The maximum Gasteiger partial charge on any atom is 0.337 e. The Morgan fingerprint density at radius 3 is 2.56 bits per heavy atom. The second-order valence-corrected chi connectivity index (χ2v) is 5.93. The summed E-state index contributed by atoms with van der Waals surface area (Å²) in [6.45, 7) is 1.36. The fourth-order valence-electron chi connectivity index (χ4n) is 2.28. The highest BCUT2D eigenvalue weighted by Gasteiger charge is 2.07. The lowest BCUT2D eigenvalue weighted by atomic mass is 10.1. The van der Waals surface area contributed by atoms with Crippen molar-refractivity contribution in [2.75, 3.05) is 25.5 Å². The Morgan fingerprint density at radius 1 is 1.08 bits per heavy atom. The number of carbonyl (C=O) groups excluding carboxylic acids is 2. The van der Waals surface area contributed by atoms with Crippen LogP contribution in [0.15, 0.2) is 48.5 Å². The molecule has 0 spiro atoms. The molecule has 0 saturated heterocycles. The molecule has 25 heavy (non-hydrogen) atoms. The molecule has 0 aliphatic heterocycles. The van der Waals surface area contributed by atoms with Crippen LogP contribution in [0.3, 0.4) is 0 Å². The van der Waals surface area contributed by atoms with Crippen molar-refractivity contribution in [2.24, 2.45) is 0 Å². The van der Waals surface area contributed by atoms with E-state index in [2.05, 4.69) is 15.4 Å². The minimum absolute atomic E-state index is 0.110. The SMILES string of the molecule is COC(=O)c1cccc(NC(=O)CCNCCc2ccc(Cl)cc2)c1. The van der Waals surface area contributed by atoms with Gasteiger partial charge in [-0.15, -0.1) is 0 Å². The first-order valence-electron chi connectivity index (χ1n) is 8.02. The number of rotatable bonds is 8. The molecule has 0 radical (unpaired) electrons. The van der Waals surface area contributed by atoms with E-state index in [0.29, 0.717) is 24.2 Å². The average molecular weight is 361 g/mol. The van der Waals surface area contributed by atoms with E-state index in [1.165, 1.54) is 12.7 Å². The van der Waals surface area contributed by atoms with Gasteiger partial charge in [0.25, 0.3) is 0 Å². The van der Waals surface area contributed by atoms with Crippen molar-refractivity contribution >= 4 is 29.2 Å². The predicted octanol–water partition coefficient (Wildman–Crippen LogP) is 3.29. The van der Waals surface area contributed by atoms with Crippen LogP contribution < -0.4 is 10.6 Å². The summed E-state index contributed by atoms with van der Waals surface area (Å²) in [4.78, 5) is 23.4. The zero-order chi connectivity index (χ0) is 18.1. The Kier molecular flexibility index (Phi) is 7.44. The van der Waals surface area contributed by atoms with Crippen molar-refractivity contribution in [3.63, 3.8) is 0 Å². The van der Waals surface area contributed by atoms with Gasteiger partial charge in [-0.3, -0.25) is 4.79 Å². The number of anilines is 1. The minimum atomic E-state index is -0.431. The van der Waals surface area contributed by atoms with Crippen molar-refractivity contribution in [2.45, 2.75) is 12.8 Å². The second-order valence-electron chi connectivity index (χ2n) is 5.50. The van der Waals surface area contributed by atoms with Crippen molar-refractivity contribution in [1.29, 1.82) is 0 Å². The van der Waals surface area contributed by atoms with Gasteiger partial charge in [-0.25, -0.2) is 4.79 Å². The smallest absolute Gasteiger partial charge is 0.337 e. The topological polar surface area (TPSA) is 67.4 Å². The highest BCUT2D eigenvalue weighted by molar-refractivity contribution is 6.30. The molecule has 132 valence electrons. The van der Waals surface area contributed by atoms with E-state index < -0.39 is 5.97 Å². The van der Waals surface area contributed by atoms with E-state index >= 15 is 0 Å². The van der Waals surface area contributed by atoms with Crippen LogP contribution in [0.2, 0.25) is 5.02 Å². The van der Waals surface area contributed by atoms with Crippen LogP contribution >= 0.6 is 11.6 Å². The number of carbonyl (C=O) groups is 2. The Labute approximate surface area is 152 Å². The normalized spacial score (nSPS) is 10.3. The number of hydrogen-bond donors (Lipinski definition) is 2. The Balaban J connectivity index is 1.68. The molecule has 2 aromatic carbocycles. The van der Waals surface area contributed by atoms with Crippen molar-refractivity contribution < 1.29 is 14.3 Å². The standard InChI is InChI=1S/C19H21ClN2O3/c1-25-19(24)15-3-2-4-17(13-15)22-18(23)10-12-21-11-9-14-5-7-16(20)8-6-14/h2-8,13,21H,9-12H2,1H3,(H,22,23). The van der Waals surface area contributed by atoms with E-state index in [1.54, 1.807) is 24.3 Å². The summed E-state index contributed by atoms with van der Waals surface area (Å²) in [6.07, 6.45) is 1.23. The zero-order valence-electron chi connectivity index (χ0n) is 14.0. The van der Waals surface area contributed by atoms with E-state index in [4.69, 9.17) is 11.6 Å². The van der Waals surface area contributed by atoms with E-state index in [-0.39, 0.29) is 5.91 Å². The van der Waals surface area contributed by atoms with Gasteiger partial charge < -0.3 is 15.4 Å². The summed E-state index contributed by atoms with van der Waals surface area (Å²) in [5.74, 6) is -0.541. The minimum Gasteiger partial charge on any atom is -0.465 e. The predicted molar refractivity (Wildman–Crippen MR) is 99.1 cm³/mol. The summed E-state index contributed by atoms with van der Waals surface area (Å²) in [5, 5.41) is 6.74. The lowest BCUT2D eigenvalue weighted by molar-refractivity contribution is -0.116. The third kappa shape index (κ3) is 6.57. The molecule has 0 aliphatic carbocycles. The second kappa shape index (κ2) is 9.81. The molecule has 0 heterocycles. The van der Waals surface area contributed by atoms with Crippen LogP contribution in [0, 0.1) is 0 Å². The average Bonchev–Trinajstić information content (AvgIpc) is 2.62. The van der Waals surface area contributed by atoms with Crippen LogP contribution in [0.4, 0.5) is 5.69 Å². The first-order valence-corrected chi connectivity index (χ1v) is 8.39. The van der Waals surface area contributed by atoms with Crippen molar-refractivity contribution in [3.8, 4) is 0 Å². The third-order valence-corrected chi connectivity index (χ3v) is 3.85. The first kappa shape index (κ1) is 19.0. The molecule has 2 rings (SSSR count). The zero-order valence-corrected chi connectivity index (χ0v) is 14.8. The highest BCUT2D eigenvalue weighted by Crippen LogP contribution is 2.12. The van der Waals surface area contributed by atoms with E-state index in [1.807, 2.05) is 24.3 Å². The van der Waals surface area contributed by atoms with Gasteiger partial charge in [0.2, 0.25) is 5.91 Å². The van der Waals surface area contributed by atoms with Gasteiger partial charge in [0.15, 0.2) is 0 Å². The van der Waals surface area contributed by atoms with Crippen LogP contribution in [-0.2, 0) is 16.0 Å². The maximum absolute atomic E-state index is 12.0. The third-order valence-electron chi connectivity index (χ3n) is 3.60. The maximum atomic E-state index is 12.0. The van der Waals surface area contributed by atoms with Crippen LogP contribution in [-0.4, -0.2) is 32.1 Å². The summed E-state index contributed by atoms with van der Waals surface area (Å²) in [7, 11) is 1.32. The number of esters is 1. The molecule has 0 fully saturated rings. The molecule has 2 N–H and O–H groups in total. The first-order chi connectivity index (χ1) is 12.1. The van der Waals surface area contributed by atoms with Crippen LogP contribution in [0.5, 0.6) is 0 Å². The fourth-order valence-corrected chi connectivity index (χ4v) is 2.40. The highest BCUT2D eigenvalue weighted by atomic mass is 35.5. The molecule has 0 atom stereocenters. The van der Waals surface area contributed by atoms with E-state index in [9.17, 15) is 9.59 Å². The quantitative estimate of drug-likeness (QED) is 0.560. The lowest BCUT2D eigenvalue weighted by Gasteiger charge is -2.08. The van der Waals surface area contributed by atoms with Gasteiger partial charge in [-0.2, -0.15) is 0 Å². The summed E-state index contributed by atoms with van der Waals surface area (Å²) < 4.78 is 4.66. The number of ether oxygens (including phenoxy) is 1. The molecule has 0 saturated carbocycles. The molecule has 0 aromatic heterocycles. The Hall–Kier alpha value is -2.37. The largest absolute Gasteiger partial charge is 0.465 e. The lowest BCUT2D eigenvalue weighted by Crippen LogP contribution is -2.23. The fraction of sp³-hybridized carbons (Fsp3) is 0.263. The van der Waals surface area contributed by atoms with Crippen molar-refractivity contribution in [3.05, 3.63) is 64.7 Å². The van der Waals surface area contributed by atoms with E-state index in [0.717, 1.165) is 18.0 Å². The number of benzene rings is 2. The monoisotopic (exact) mass is 360 g/mol.